The van der Waals surface area contributed by atoms with Gasteiger partial charge in [0.2, 0.25) is 5.91 Å². The lowest BCUT2D eigenvalue weighted by Crippen LogP contribution is -2.24. The number of methoxy groups -OCH3 is 1. The molecule has 0 spiro atoms. The number of carbonyl (C=O) groups is 1. The zero-order valence-corrected chi connectivity index (χ0v) is 13.6. The number of nitrogens with zero attached hydrogens (tertiary/aromatic N) is 2. The van der Waals surface area contributed by atoms with Crippen LogP contribution < -0.4 is 10.1 Å². The second kappa shape index (κ2) is 5.98. The number of imidazole rings is 1. The van der Waals surface area contributed by atoms with Crippen molar-refractivity contribution in [3.63, 3.8) is 0 Å². The second-order valence-corrected chi connectivity index (χ2v) is 5.95. The third-order valence-electron chi connectivity index (χ3n) is 4.40. The summed E-state index contributed by atoms with van der Waals surface area (Å²) in [5.41, 5.74) is 2.62. The summed E-state index contributed by atoms with van der Waals surface area (Å²) in [6, 6.07) is 14.5. The smallest absolute Gasteiger partial charge is 0.226 e. The van der Waals surface area contributed by atoms with Crippen LogP contribution in [0.4, 0.5) is 5.82 Å². The van der Waals surface area contributed by atoms with Gasteiger partial charge in [-0.1, -0.05) is 18.2 Å². The lowest BCUT2D eigenvalue weighted by Gasteiger charge is -2.23. The number of phenols is 1. The van der Waals surface area contributed by atoms with Crippen LogP contribution in [0.5, 0.6) is 11.5 Å². The zero-order chi connectivity index (χ0) is 17.4. The molecule has 0 saturated carbocycles. The fourth-order valence-electron chi connectivity index (χ4n) is 3.15. The summed E-state index contributed by atoms with van der Waals surface area (Å²) in [7, 11) is 1.62. The molecule has 3 aromatic rings. The van der Waals surface area contributed by atoms with Crippen LogP contribution in [0.15, 0.2) is 54.9 Å². The van der Waals surface area contributed by atoms with Crippen LogP contribution in [0.3, 0.4) is 0 Å². The fourth-order valence-corrected chi connectivity index (χ4v) is 3.15. The van der Waals surface area contributed by atoms with Crippen molar-refractivity contribution in [1.29, 1.82) is 0 Å². The second-order valence-electron chi connectivity index (χ2n) is 5.95. The number of anilines is 1. The Labute approximate surface area is 144 Å². The van der Waals surface area contributed by atoms with Gasteiger partial charge in [-0.2, -0.15) is 0 Å². The molecule has 0 bridgehead atoms. The van der Waals surface area contributed by atoms with Gasteiger partial charge in [0.1, 0.15) is 23.6 Å². The molecule has 126 valence electrons. The first-order valence-corrected chi connectivity index (χ1v) is 7.96. The molecule has 1 amide bonds. The molecule has 0 fully saturated rings. The molecule has 1 unspecified atom stereocenters. The monoisotopic (exact) mass is 335 g/mol. The number of phenolic OH excluding ortho intramolecular Hbond substituents is 1. The Kier molecular flexibility index (Phi) is 3.65. The lowest BCUT2D eigenvalue weighted by molar-refractivity contribution is -0.116. The van der Waals surface area contributed by atoms with E-state index in [0.717, 1.165) is 22.7 Å². The molecule has 0 saturated heterocycles. The van der Waals surface area contributed by atoms with E-state index in [0.29, 0.717) is 12.2 Å². The van der Waals surface area contributed by atoms with Crippen LogP contribution in [0.25, 0.3) is 5.69 Å². The van der Waals surface area contributed by atoms with Crippen molar-refractivity contribution in [2.24, 2.45) is 0 Å². The maximum atomic E-state index is 12.3. The van der Waals surface area contributed by atoms with Crippen LogP contribution in [-0.4, -0.2) is 27.7 Å². The third kappa shape index (κ3) is 2.71. The Bertz CT molecular complexity index is 931. The highest BCUT2D eigenvalue weighted by molar-refractivity contribution is 5.94. The van der Waals surface area contributed by atoms with Gasteiger partial charge < -0.3 is 15.2 Å². The molecular weight excluding hydrogens is 318 g/mol. The normalized spacial score (nSPS) is 16.2. The van der Waals surface area contributed by atoms with Crippen LogP contribution in [0.1, 0.15) is 23.6 Å². The number of ether oxygens (including phenoxy) is 1. The first-order valence-electron chi connectivity index (χ1n) is 7.96. The molecule has 1 aliphatic heterocycles. The number of hydrogen-bond donors (Lipinski definition) is 2. The van der Waals surface area contributed by atoms with Gasteiger partial charge in [0.15, 0.2) is 0 Å². The van der Waals surface area contributed by atoms with Gasteiger partial charge in [0.25, 0.3) is 0 Å². The van der Waals surface area contributed by atoms with E-state index in [1.807, 2.05) is 41.0 Å². The van der Waals surface area contributed by atoms with E-state index in [1.54, 1.807) is 25.6 Å². The van der Waals surface area contributed by atoms with E-state index in [1.165, 1.54) is 0 Å². The number of aromatic nitrogens is 2. The topological polar surface area (TPSA) is 76.4 Å². The summed E-state index contributed by atoms with van der Waals surface area (Å²) in [6.45, 7) is 0. The maximum Gasteiger partial charge on any atom is 0.226 e. The highest BCUT2D eigenvalue weighted by Crippen LogP contribution is 2.37. The Morgan fingerprint density at radius 2 is 2.04 bits per heavy atom. The highest BCUT2D eigenvalue weighted by atomic mass is 16.5. The first kappa shape index (κ1) is 15.3. The Morgan fingerprint density at radius 3 is 2.80 bits per heavy atom. The van der Waals surface area contributed by atoms with Gasteiger partial charge in [-0.05, 0) is 29.8 Å². The average molecular weight is 335 g/mol. The van der Waals surface area contributed by atoms with Crippen LogP contribution in [-0.2, 0) is 4.79 Å². The molecule has 1 aliphatic rings. The van der Waals surface area contributed by atoms with Crippen LogP contribution in [0, 0.1) is 0 Å². The highest BCUT2D eigenvalue weighted by Gasteiger charge is 2.31. The minimum Gasteiger partial charge on any atom is -0.508 e. The maximum absolute atomic E-state index is 12.3. The molecule has 4 rings (SSSR count). The van der Waals surface area contributed by atoms with Gasteiger partial charge in [-0.25, -0.2) is 4.98 Å². The molecular formula is C19H17N3O3. The summed E-state index contributed by atoms with van der Waals surface area (Å²) in [6.07, 6.45) is 2.03. The van der Waals surface area contributed by atoms with Crippen LogP contribution in [0.2, 0.25) is 0 Å². The number of rotatable bonds is 3. The van der Waals surface area contributed by atoms with Crippen molar-refractivity contribution in [3.8, 4) is 17.2 Å². The number of nitrogens with one attached hydrogen (secondary N) is 1. The largest absolute Gasteiger partial charge is 0.508 e. The van der Waals surface area contributed by atoms with Gasteiger partial charge in [0.05, 0.1) is 18.5 Å². The quantitative estimate of drug-likeness (QED) is 0.771. The van der Waals surface area contributed by atoms with Crippen molar-refractivity contribution < 1.29 is 14.6 Å². The predicted octanol–water partition coefficient (Wildman–Crippen LogP) is 3.06. The molecule has 6 heteroatoms. The van der Waals surface area contributed by atoms with E-state index in [-0.39, 0.29) is 17.6 Å². The number of carbonyl (C=O) groups excluding carboxylic acids is 1. The lowest BCUT2D eigenvalue weighted by atomic mass is 9.90. The number of benzene rings is 2. The SMILES string of the molecule is COc1cccc(-n2cnc3c2NC(=O)CC3c2ccc(O)cc2)c1. The molecule has 2 aromatic carbocycles. The molecule has 6 nitrogen and oxygen atoms in total. The molecule has 1 atom stereocenters. The van der Waals surface area contributed by atoms with Crippen molar-refractivity contribution in [2.75, 3.05) is 12.4 Å². The molecule has 1 aromatic heterocycles. The molecule has 0 aliphatic carbocycles. The zero-order valence-electron chi connectivity index (χ0n) is 13.6. The summed E-state index contributed by atoms with van der Waals surface area (Å²) in [5, 5.41) is 12.4. The standard InChI is InChI=1S/C19H17N3O3/c1-25-15-4-2-3-13(9-15)22-11-20-18-16(10-17(24)21-19(18)22)12-5-7-14(23)8-6-12/h2-9,11,16,23H,10H2,1H3,(H,21,24). The van der Waals surface area contributed by atoms with Gasteiger partial charge in [-0.15, -0.1) is 0 Å². The van der Waals surface area contributed by atoms with Crippen molar-refractivity contribution in [2.45, 2.75) is 12.3 Å². The Morgan fingerprint density at radius 1 is 1.24 bits per heavy atom. The number of aromatic hydroxyl groups is 1. The number of amides is 1. The minimum atomic E-state index is -0.142. The summed E-state index contributed by atoms with van der Waals surface area (Å²) >= 11 is 0. The summed E-state index contributed by atoms with van der Waals surface area (Å²) in [5.74, 6) is 1.40. The Balaban J connectivity index is 1.79. The van der Waals surface area contributed by atoms with Gasteiger partial charge in [-0.3, -0.25) is 9.36 Å². The van der Waals surface area contributed by atoms with E-state index in [9.17, 15) is 9.90 Å². The first-order chi connectivity index (χ1) is 12.2. The third-order valence-corrected chi connectivity index (χ3v) is 4.40. The van der Waals surface area contributed by atoms with Crippen LogP contribution >= 0.6 is 0 Å². The molecule has 2 N–H and O–H groups in total. The summed E-state index contributed by atoms with van der Waals surface area (Å²) < 4.78 is 7.12. The minimum absolute atomic E-state index is 0.0600. The molecule has 25 heavy (non-hydrogen) atoms. The Hall–Kier alpha value is -3.28. The predicted molar refractivity (Wildman–Crippen MR) is 93.3 cm³/mol. The van der Waals surface area contributed by atoms with E-state index >= 15 is 0 Å². The van der Waals surface area contributed by atoms with Crippen molar-refractivity contribution >= 4 is 11.7 Å². The molecule has 0 radical (unpaired) electrons. The fraction of sp³-hybridized carbons (Fsp3) is 0.158. The van der Waals surface area contributed by atoms with Crippen molar-refractivity contribution in [3.05, 3.63) is 66.1 Å². The summed E-state index contributed by atoms with van der Waals surface area (Å²) in [4.78, 5) is 16.8. The average Bonchev–Trinajstić information content (AvgIpc) is 3.05. The van der Waals surface area contributed by atoms with Gasteiger partial charge in [0, 0.05) is 18.4 Å². The number of fused-ring (bicyclic) bond motifs is 1. The van der Waals surface area contributed by atoms with Gasteiger partial charge >= 0.3 is 0 Å². The van der Waals surface area contributed by atoms with E-state index in [4.69, 9.17) is 4.74 Å². The van der Waals surface area contributed by atoms with E-state index < -0.39 is 0 Å². The number of hydrogen-bond acceptors (Lipinski definition) is 4. The van der Waals surface area contributed by atoms with Crippen molar-refractivity contribution in [1.82, 2.24) is 9.55 Å². The molecule has 2 heterocycles. The van der Waals surface area contributed by atoms with E-state index in [2.05, 4.69) is 10.3 Å².